The summed E-state index contributed by atoms with van der Waals surface area (Å²) in [6, 6.07) is 23.0. The smallest absolute Gasteiger partial charge is 0.344 e. The van der Waals surface area contributed by atoms with Crippen LogP contribution in [0.2, 0.25) is 0 Å². The second-order valence-corrected chi connectivity index (χ2v) is 7.59. The third-order valence-corrected chi connectivity index (χ3v) is 5.32. The topological polar surface area (TPSA) is 71.1 Å². The van der Waals surface area contributed by atoms with E-state index >= 15 is 0 Å². The van der Waals surface area contributed by atoms with E-state index in [2.05, 4.69) is 0 Å². The summed E-state index contributed by atoms with van der Waals surface area (Å²) in [5.41, 5.74) is 1.65. The second kappa shape index (κ2) is 10.0. The second-order valence-electron chi connectivity index (χ2n) is 7.59. The van der Waals surface area contributed by atoms with Crippen LogP contribution in [0, 0.1) is 0 Å². The van der Waals surface area contributed by atoms with E-state index in [9.17, 15) is 9.59 Å². The van der Waals surface area contributed by atoms with Gasteiger partial charge in [0.1, 0.15) is 18.1 Å². The molecule has 6 heteroatoms. The first-order chi connectivity index (χ1) is 16.0. The van der Waals surface area contributed by atoms with Crippen molar-refractivity contribution in [3.63, 3.8) is 0 Å². The Morgan fingerprint density at radius 3 is 1.73 bits per heavy atom. The average molecular weight is 444 g/mol. The SMILES string of the molecule is COc1ccc2cc(COC(=O)COC(=O)Cc3ccc4cc(OC)ccc4c3)ccc2c1. The van der Waals surface area contributed by atoms with Gasteiger partial charge in [0.2, 0.25) is 0 Å². The molecule has 0 N–H and O–H groups in total. The number of benzene rings is 4. The van der Waals surface area contributed by atoms with Gasteiger partial charge < -0.3 is 18.9 Å². The zero-order valence-electron chi connectivity index (χ0n) is 18.5. The highest BCUT2D eigenvalue weighted by Crippen LogP contribution is 2.23. The first-order valence-corrected chi connectivity index (χ1v) is 10.5. The number of methoxy groups -OCH3 is 2. The van der Waals surface area contributed by atoms with E-state index in [4.69, 9.17) is 18.9 Å². The van der Waals surface area contributed by atoms with Crippen LogP contribution in [0.4, 0.5) is 0 Å². The first-order valence-electron chi connectivity index (χ1n) is 10.5. The fourth-order valence-electron chi connectivity index (χ4n) is 3.56. The minimum atomic E-state index is -0.594. The van der Waals surface area contributed by atoms with Crippen molar-refractivity contribution >= 4 is 33.5 Å². The molecule has 0 amide bonds. The van der Waals surface area contributed by atoms with Crippen LogP contribution < -0.4 is 9.47 Å². The van der Waals surface area contributed by atoms with Crippen LogP contribution in [0.15, 0.2) is 72.8 Å². The maximum atomic E-state index is 12.2. The zero-order chi connectivity index (χ0) is 23.2. The Balaban J connectivity index is 1.26. The van der Waals surface area contributed by atoms with Crippen molar-refractivity contribution in [2.24, 2.45) is 0 Å². The number of carbonyl (C=O) groups excluding carboxylic acids is 2. The molecule has 4 aromatic rings. The predicted octanol–water partition coefficient (Wildman–Crippen LogP) is 4.84. The van der Waals surface area contributed by atoms with Crippen molar-refractivity contribution in [3.8, 4) is 11.5 Å². The third-order valence-electron chi connectivity index (χ3n) is 5.32. The Morgan fingerprint density at radius 1 is 0.606 bits per heavy atom. The number of ether oxygens (including phenoxy) is 4. The summed E-state index contributed by atoms with van der Waals surface area (Å²) in [6.45, 7) is -0.319. The molecule has 6 nitrogen and oxygen atoms in total. The molecule has 0 aromatic heterocycles. The molecular weight excluding hydrogens is 420 g/mol. The summed E-state index contributed by atoms with van der Waals surface area (Å²) in [7, 11) is 3.25. The fourth-order valence-corrected chi connectivity index (χ4v) is 3.56. The van der Waals surface area contributed by atoms with Crippen molar-refractivity contribution in [1.82, 2.24) is 0 Å². The van der Waals surface area contributed by atoms with Gasteiger partial charge in [0, 0.05) is 0 Å². The van der Waals surface area contributed by atoms with Crippen LogP contribution in [0.5, 0.6) is 11.5 Å². The molecule has 0 spiro atoms. The van der Waals surface area contributed by atoms with Crippen LogP contribution in [0.1, 0.15) is 11.1 Å². The van der Waals surface area contributed by atoms with Gasteiger partial charge in [-0.2, -0.15) is 0 Å². The van der Waals surface area contributed by atoms with E-state index in [-0.39, 0.29) is 13.0 Å². The standard InChI is InChI=1S/C27H24O6/c1-30-24-9-7-20-11-18(3-5-22(20)14-24)13-26(28)33-17-27(29)32-16-19-4-6-23-15-25(31-2)10-8-21(23)12-19/h3-12,14-15H,13,16-17H2,1-2H3. The van der Waals surface area contributed by atoms with Crippen molar-refractivity contribution in [1.29, 1.82) is 0 Å². The molecule has 4 rings (SSSR count). The Hall–Kier alpha value is -4.06. The number of carbonyl (C=O) groups is 2. The molecule has 33 heavy (non-hydrogen) atoms. The summed E-state index contributed by atoms with van der Waals surface area (Å²) in [6.07, 6.45) is 0.0728. The van der Waals surface area contributed by atoms with Gasteiger partial charge in [0.05, 0.1) is 20.6 Å². The van der Waals surface area contributed by atoms with E-state index in [0.717, 1.165) is 44.2 Å². The first kappa shape index (κ1) is 22.1. The van der Waals surface area contributed by atoms with Gasteiger partial charge in [-0.15, -0.1) is 0 Å². The number of hydrogen-bond acceptors (Lipinski definition) is 6. The molecule has 0 saturated carbocycles. The van der Waals surface area contributed by atoms with Gasteiger partial charge >= 0.3 is 11.9 Å². The zero-order valence-corrected chi connectivity index (χ0v) is 18.5. The molecular formula is C27H24O6. The lowest BCUT2D eigenvalue weighted by Gasteiger charge is -2.08. The molecule has 0 heterocycles. The van der Waals surface area contributed by atoms with Crippen LogP contribution in [0.3, 0.4) is 0 Å². The molecule has 0 aliphatic heterocycles. The Morgan fingerprint density at radius 2 is 1.12 bits per heavy atom. The van der Waals surface area contributed by atoms with Crippen LogP contribution >= 0.6 is 0 Å². The molecule has 0 radical (unpaired) electrons. The number of rotatable bonds is 8. The largest absolute Gasteiger partial charge is 0.497 e. The van der Waals surface area contributed by atoms with Crippen molar-refractivity contribution in [2.45, 2.75) is 13.0 Å². The van der Waals surface area contributed by atoms with Crippen molar-refractivity contribution in [3.05, 3.63) is 83.9 Å². The number of esters is 2. The molecule has 0 unspecified atom stereocenters. The molecule has 4 aromatic carbocycles. The van der Waals surface area contributed by atoms with Crippen LogP contribution in [-0.2, 0) is 32.1 Å². The summed E-state index contributed by atoms with van der Waals surface area (Å²) in [5.74, 6) is 0.479. The highest BCUT2D eigenvalue weighted by atomic mass is 16.6. The summed E-state index contributed by atoms with van der Waals surface area (Å²) < 4.78 is 20.8. The quantitative estimate of drug-likeness (QED) is 0.362. The number of hydrogen-bond donors (Lipinski definition) is 0. The molecule has 0 saturated heterocycles. The summed E-state index contributed by atoms with van der Waals surface area (Å²) in [4.78, 5) is 24.2. The lowest BCUT2D eigenvalue weighted by Crippen LogP contribution is -2.17. The van der Waals surface area contributed by atoms with Crippen molar-refractivity contribution < 1.29 is 28.5 Å². The Labute approximate surface area is 191 Å². The maximum Gasteiger partial charge on any atom is 0.344 e. The normalized spacial score (nSPS) is 10.7. The van der Waals surface area contributed by atoms with E-state index in [1.807, 2.05) is 72.8 Å². The highest BCUT2D eigenvalue weighted by Gasteiger charge is 2.11. The van der Waals surface area contributed by atoms with E-state index in [1.54, 1.807) is 14.2 Å². The highest BCUT2D eigenvalue weighted by molar-refractivity contribution is 5.86. The molecule has 168 valence electrons. The van der Waals surface area contributed by atoms with Gasteiger partial charge in [0.15, 0.2) is 6.61 Å². The van der Waals surface area contributed by atoms with Crippen LogP contribution in [-0.4, -0.2) is 32.8 Å². The number of fused-ring (bicyclic) bond motifs is 2. The van der Waals surface area contributed by atoms with Crippen LogP contribution in [0.25, 0.3) is 21.5 Å². The van der Waals surface area contributed by atoms with E-state index in [0.29, 0.717) is 0 Å². The summed E-state index contributed by atoms with van der Waals surface area (Å²) in [5, 5.41) is 4.06. The van der Waals surface area contributed by atoms with E-state index < -0.39 is 18.5 Å². The van der Waals surface area contributed by atoms with E-state index in [1.165, 1.54) is 0 Å². The predicted molar refractivity (Wildman–Crippen MR) is 125 cm³/mol. The van der Waals surface area contributed by atoms with Gasteiger partial charge in [0.25, 0.3) is 0 Å². The molecule has 0 fully saturated rings. The molecule has 0 aliphatic rings. The molecule has 0 aliphatic carbocycles. The Bertz CT molecular complexity index is 1310. The lowest BCUT2D eigenvalue weighted by molar-refractivity contribution is -0.159. The van der Waals surface area contributed by atoms with Crippen molar-refractivity contribution in [2.75, 3.05) is 20.8 Å². The lowest BCUT2D eigenvalue weighted by atomic mass is 10.0. The molecule has 0 bridgehead atoms. The average Bonchev–Trinajstić information content (AvgIpc) is 2.85. The molecule has 0 atom stereocenters. The minimum Gasteiger partial charge on any atom is -0.497 e. The fraction of sp³-hybridized carbons (Fsp3) is 0.185. The Kier molecular flexibility index (Phi) is 6.74. The monoisotopic (exact) mass is 444 g/mol. The maximum absolute atomic E-state index is 12.2. The third kappa shape index (κ3) is 5.60. The minimum absolute atomic E-state index is 0.0728. The van der Waals surface area contributed by atoms with Gasteiger partial charge in [-0.25, -0.2) is 4.79 Å². The van der Waals surface area contributed by atoms with Gasteiger partial charge in [-0.3, -0.25) is 4.79 Å². The van der Waals surface area contributed by atoms with Gasteiger partial charge in [-0.05, 0) is 63.0 Å². The summed E-state index contributed by atoms with van der Waals surface area (Å²) >= 11 is 0. The van der Waals surface area contributed by atoms with Gasteiger partial charge in [-0.1, -0.05) is 42.5 Å².